The second kappa shape index (κ2) is 6.95. The van der Waals surface area contributed by atoms with Crippen LogP contribution in [0.5, 0.6) is 0 Å². The molecule has 7 nitrogen and oxygen atoms in total. The molecule has 0 bridgehead atoms. The van der Waals surface area contributed by atoms with Crippen LogP contribution in [0, 0.1) is 0 Å². The first-order chi connectivity index (χ1) is 13.9. The summed E-state index contributed by atoms with van der Waals surface area (Å²) in [4.78, 5) is 4.75. The fourth-order valence-corrected chi connectivity index (χ4v) is 4.47. The molecule has 2 saturated heterocycles. The van der Waals surface area contributed by atoms with Gasteiger partial charge in [-0.3, -0.25) is 0 Å². The van der Waals surface area contributed by atoms with Crippen LogP contribution in [-0.4, -0.2) is 47.1 Å². The number of aromatic nitrogens is 1. The van der Waals surface area contributed by atoms with E-state index < -0.39 is 24.2 Å². The second-order valence-corrected chi connectivity index (χ2v) is 8.34. The SMILES string of the molecule is CO/N=C\c1ccn([C@@H]2O[C@H]([C@H](O)c3ccc4c(c3)CC4)[C@H]3OC(C)(C)O[C@H]32)c1. The fraction of sp³-hybridized carbons (Fsp3) is 0.500. The number of hydrogen-bond acceptors (Lipinski definition) is 6. The average molecular weight is 398 g/mol. The van der Waals surface area contributed by atoms with Gasteiger partial charge >= 0.3 is 0 Å². The highest BCUT2D eigenvalue weighted by atomic mass is 16.8. The van der Waals surface area contributed by atoms with Crippen molar-refractivity contribution in [2.24, 2.45) is 5.16 Å². The molecule has 1 aromatic carbocycles. The molecule has 0 radical (unpaired) electrons. The van der Waals surface area contributed by atoms with Gasteiger partial charge in [-0.05, 0) is 49.4 Å². The maximum absolute atomic E-state index is 11.2. The molecule has 1 aliphatic carbocycles. The van der Waals surface area contributed by atoms with E-state index in [1.807, 2.05) is 42.9 Å². The van der Waals surface area contributed by atoms with E-state index in [2.05, 4.69) is 17.3 Å². The van der Waals surface area contributed by atoms with Crippen LogP contribution in [0.2, 0.25) is 0 Å². The normalized spacial score (nSPS) is 30.8. The van der Waals surface area contributed by atoms with Crippen LogP contribution in [0.3, 0.4) is 0 Å². The van der Waals surface area contributed by atoms with Crippen molar-refractivity contribution in [2.75, 3.05) is 7.11 Å². The Kier molecular flexibility index (Phi) is 4.51. The predicted octanol–water partition coefficient (Wildman–Crippen LogP) is 2.72. The molecule has 2 aliphatic heterocycles. The Morgan fingerprint density at radius 1 is 1.21 bits per heavy atom. The number of oxime groups is 1. The van der Waals surface area contributed by atoms with Crippen molar-refractivity contribution in [3.8, 4) is 0 Å². The number of hydrogen-bond donors (Lipinski definition) is 1. The largest absolute Gasteiger partial charge is 0.399 e. The zero-order chi connectivity index (χ0) is 20.2. The molecule has 0 amide bonds. The van der Waals surface area contributed by atoms with Crippen LogP contribution in [0.25, 0.3) is 0 Å². The molecule has 5 rings (SSSR count). The number of nitrogens with zero attached hydrogens (tertiary/aromatic N) is 2. The Morgan fingerprint density at radius 2 is 2.00 bits per heavy atom. The summed E-state index contributed by atoms with van der Waals surface area (Å²) in [5, 5.41) is 15.0. The summed E-state index contributed by atoms with van der Waals surface area (Å²) >= 11 is 0. The van der Waals surface area contributed by atoms with Gasteiger partial charge in [-0.25, -0.2) is 0 Å². The van der Waals surface area contributed by atoms with Crippen molar-refractivity contribution in [1.29, 1.82) is 0 Å². The minimum atomic E-state index is -0.791. The molecule has 154 valence electrons. The molecule has 2 fully saturated rings. The summed E-state index contributed by atoms with van der Waals surface area (Å²) in [5.74, 6) is -0.733. The Hall–Kier alpha value is -2.19. The minimum absolute atomic E-state index is 0.323. The highest BCUT2D eigenvalue weighted by molar-refractivity contribution is 5.78. The summed E-state index contributed by atoms with van der Waals surface area (Å²) in [6.45, 7) is 3.78. The van der Waals surface area contributed by atoms with Crippen molar-refractivity contribution >= 4 is 6.21 Å². The van der Waals surface area contributed by atoms with Gasteiger partial charge in [0.25, 0.3) is 0 Å². The third kappa shape index (κ3) is 3.28. The highest BCUT2D eigenvalue weighted by Gasteiger charge is 2.57. The van der Waals surface area contributed by atoms with Crippen molar-refractivity contribution in [3.63, 3.8) is 0 Å². The summed E-state index contributed by atoms with van der Waals surface area (Å²) in [6.07, 6.45) is 5.23. The molecule has 0 spiro atoms. The molecule has 7 heteroatoms. The molecular weight excluding hydrogens is 372 g/mol. The fourth-order valence-electron chi connectivity index (χ4n) is 4.47. The second-order valence-electron chi connectivity index (χ2n) is 8.34. The number of ether oxygens (including phenoxy) is 3. The maximum Gasteiger partial charge on any atom is 0.164 e. The number of rotatable bonds is 5. The molecular formula is C22H26N2O5. The Labute approximate surface area is 169 Å². The van der Waals surface area contributed by atoms with Gasteiger partial charge in [0.1, 0.15) is 31.5 Å². The molecule has 1 aromatic heterocycles. The molecule has 0 unspecified atom stereocenters. The van der Waals surface area contributed by atoms with Crippen molar-refractivity contribution in [2.45, 2.75) is 63.1 Å². The van der Waals surface area contributed by atoms with E-state index in [0.29, 0.717) is 0 Å². The van der Waals surface area contributed by atoms with E-state index in [1.54, 1.807) is 6.21 Å². The molecule has 2 aromatic rings. The van der Waals surface area contributed by atoms with Gasteiger partial charge in [-0.1, -0.05) is 23.4 Å². The van der Waals surface area contributed by atoms with Gasteiger partial charge in [-0.2, -0.15) is 0 Å². The lowest BCUT2D eigenvalue weighted by Crippen LogP contribution is -2.34. The van der Waals surface area contributed by atoms with Crippen molar-refractivity contribution in [1.82, 2.24) is 4.57 Å². The smallest absolute Gasteiger partial charge is 0.164 e. The van der Waals surface area contributed by atoms with Gasteiger partial charge in [0.05, 0.1) is 6.21 Å². The molecule has 3 aliphatic rings. The van der Waals surface area contributed by atoms with E-state index in [9.17, 15) is 5.11 Å². The Morgan fingerprint density at radius 3 is 2.72 bits per heavy atom. The summed E-state index contributed by atoms with van der Waals surface area (Å²) < 4.78 is 20.6. The topological polar surface area (TPSA) is 74.4 Å². The van der Waals surface area contributed by atoms with Gasteiger partial charge in [-0.15, -0.1) is 0 Å². The van der Waals surface area contributed by atoms with E-state index >= 15 is 0 Å². The first-order valence-electron chi connectivity index (χ1n) is 10.00. The average Bonchev–Trinajstić information content (AvgIpc) is 3.33. The van der Waals surface area contributed by atoms with Gasteiger partial charge in [0, 0.05) is 18.0 Å². The third-order valence-electron chi connectivity index (χ3n) is 5.95. The number of aliphatic hydroxyl groups excluding tert-OH is 1. The predicted molar refractivity (Wildman–Crippen MR) is 106 cm³/mol. The van der Waals surface area contributed by atoms with E-state index in [4.69, 9.17) is 19.0 Å². The van der Waals surface area contributed by atoms with Crippen LogP contribution < -0.4 is 0 Å². The lowest BCUT2D eigenvalue weighted by Gasteiger charge is -2.28. The number of aliphatic hydroxyl groups is 1. The van der Waals surface area contributed by atoms with E-state index in [0.717, 1.165) is 24.0 Å². The molecule has 3 heterocycles. The van der Waals surface area contributed by atoms with Crippen LogP contribution in [0.1, 0.15) is 48.4 Å². The highest BCUT2D eigenvalue weighted by Crippen LogP contribution is 2.46. The Bertz CT molecular complexity index is 937. The first-order valence-corrected chi connectivity index (χ1v) is 10.00. The zero-order valence-electron chi connectivity index (χ0n) is 16.8. The maximum atomic E-state index is 11.2. The molecule has 1 N–H and O–H groups in total. The third-order valence-corrected chi connectivity index (χ3v) is 5.95. The lowest BCUT2D eigenvalue weighted by molar-refractivity contribution is -0.208. The van der Waals surface area contributed by atoms with Gasteiger partial charge in [0.15, 0.2) is 12.0 Å². The van der Waals surface area contributed by atoms with Crippen molar-refractivity contribution < 1.29 is 24.2 Å². The van der Waals surface area contributed by atoms with E-state index in [1.165, 1.54) is 18.2 Å². The van der Waals surface area contributed by atoms with Crippen LogP contribution in [0.4, 0.5) is 0 Å². The number of aryl methyl sites for hydroxylation is 2. The monoisotopic (exact) mass is 398 g/mol. The quantitative estimate of drug-likeness (QED) is 0.619. The Balaban J connectivity index is 1.43. The van der Waals surface area contributed by atoms with E-state index in [-0.39, 0.29) is 12.2 Å². The first kappa shape index (κ1) is 18.8. The summed E-state index contributed by atoms with van der Waals surface area (Å²) in [7, 11) is 1.51. The van der Waals surface area contributed by atoms with Crippen LogP contribution >= 0.6 is 0 Å². The van der Waals surface area contributed by atoms with Crippen LogP contribution in [-0.2, 0) is 31.9 Å². The molecule has 29 heavy (non-hydrogen) atoms. The standard InChI is InChI=1S/C22H26N2O5/c1-22(2)28-19-18(17(25)16-7-5-14-4-6-15(14)10-16)27-21(20(19)29-22)24-9-8-13(12-24)11-23-26-3/h5,7-12,17-21,25H,4,6H2,1-3H3/b23-11-/t17-,18-,19-,20-,21-/m1/s1. The number of benzene rings is 1. The summed E-state index contributed by atoms with van der Waals surface area (Å²) in [6, 6.07) is 8.10. The lowest BCUT2D eigenvalue weighted by atomic mass is 9.85. The molecule has 0 saturated carbocycles. The zero-order valence-corrected chi connectivity index (χ0v) is 16.8. The van der Waals surface area contributed by atoms with Crippen molar-refractivity contribution in [3.05, 3.63) is 58.9 Å². The number of fused-ring (bicyclic) bond motifs is 2. The summed E-state index contributed by atoms with van der Waals surface area (Å²) in [5.41, 5.74) is 4.42. The van der Waals surface area contributed by atoms with Gasteiger partial charge in [0.2, 0.25) is 0 Å². The molecule has 5 atom stereocenters. The van der Waals surface area contributed by atoms with Crippen LogP contribution in [0.15, 0.2) is 41.8 Å². The minimum Gasteiger partial charge on any atom is -0.399 e. The van der Waals surface area contributed by atoms with Gasteiger partial charge < -0.3 is 28.7 Å².